The highest BCUT2D eigenvalue weighted by molar-refractivity contribution is 5.80. The first-order valence-electron chi connectivity index (χ1n) is 22.8. The summed E-state index contributed by atoms with van der Waals surface area (Å²) >= 11 is 0. The van der Waals surface area contributed by atoms with E-state index in [4.69, 9.17) is 0 Å². The maximum absolute atomic E-state index is 12.5. The van der Waals surface area contributed by atoms with Crippen molar-refractivity contribution >= 4 is 5.91 Å². The molecule has 0 rings (SSSR count). The third-order valence-electron chi connectivity index (χ3n) is 11.0. The van der Waals surface area contributed by atoms with Crippen LogP contribution in [-0.4, -0.2) is 46.1 Å². The van der Waals surface area contributed by atoms with Gasteiger partial charge in [0, 0.05) is 0 Å². The second kappa shape index (κ2) is 41.1. The molecule has 3 unspecified atom stereocenters. The van der Waals surface area contributed by atoms with E-state index in [-0.39, 0.29) is 6.61 Å². The summed E-state index contributed by atoms with van der Waals surface area (Å²) in [6.07, 6.45) is 46.8. The van der Waals surface area contributed by atoms with E-state index in [0.29, 0.717) is 12.8 Å². The van der Waals surface area contributed by atoms with Crippen molar-refractivity contribution in [3.63, 3.8) is 0 Å². The van der Waals surface area contributed by atoms with Crippen molar-refractivity contribution in [1.29, 1.82) is 0 Å². The summed E-state index contributed by atoms with van der Waals surface area (Å²) in [5.41, 5.74) is 0. The largest absolute Gasteiger partial charge is 0.394 e. The van der Waals surface area contributed by atoms with Crippen LogP contribution in [-0.2, 0) is 4.79 Å². The van der Waals surface area contributed by atoms with Crippen LogP contribution in [0.25, 0.3) is 0 Å². The van der Waals surface area contributed by atoms with Gasteiger partial charge in [-0.3, -0.25) is 4.79 Å². The van der Waals surface area contributed by atoms with Crippen LogP contribution in [0.5, 0.6) is 0 Å². The standard InChI is InChI=1S/C45H91NO4/c1-3-5-7-9-11-13-15-17-19-20-21-22-23-24-25-26-28-29-31-33-35-37-39-43(48)42(41-47)46-45(50)44(49)40-38-36-34-32-30-27-18-16-14-12-10-8-6-4-2/h42-44,47-49H,3-41H2,1-2H3,(H,46,50). The normalized spacial score (nSPS) is 13.5. The van der Waals surface area contributed by atoms with Gasteiger partial charge in [-0.15, -0.1) is 0 Å². The Hall–Kier alpha value is -0.650. The maximum atomic E-state index is 12.5. The predicted octanol–water partition coefficient (Wildman–Crippen LogP) is 13.0. The quantitative estimate of drug-likeness (QED) is 0.0475. The molecule has 0 bridgehead atoms. The predicted molar refractivity (Wildman–Crippen MR) is 218 cm³/mol. The Morgan fingerprint density at radius 3 is 0.900 bits per heavy atom. The molecule has 0 saturated carbocycles. The third-order valence-corrected chi connectivity index (χ3v) is 11.0. The zero-order chi connectivity index (χ0) is 36.6. The highest BCUT2D eigenvalue weighted by atomic mass is 16.3. The Balaban J connectivity index is 3.55. The summed E-state index contributed by atoms with van der Waals surface area (Å²) < 4.78 is 0. The van der Waals surface area contributed by atoms with Crippen LogP contribution in [0, 0.1) is 0 Å². The third kappa shape index (κ3) is 35.7. The number of nitrogens with one attached hydrogen (secondary N) is 1. The number of hydrogen-bond donors (Lipinski definition) is 4. The molecule has 0 aliphatic carbocycles. The minimum Gasteiger partial charge on any atom is -0.394 e. The lowest BCUT2D eigenvalue weighted by Crippen LogP contribution is -2.49. The number of carbonyl (C=O) groups excluding carboxylic acids is 1. The highest BCUT2D eigenvalue weighted by Crippen LogP contribution is 2.17. The first-order valence-corrected chi connectivity index (χ1v) is 22.8. The smallest absolute Gasteiger partial charge is 0.249 e. The fraction of sp³-hybridized carbons (Fsp3) is 0.978. The molecule has 50 heavy (non-hydrogen) atoms. The molecule has 0 fully saturated rings. The van der Waals surface area contributed by atoms with Gasteiger partial charge in [0.05, 0.1) is 18.8 Å². The van der Waals surface area contributed by atoms with Crippen molar-refractivity contribution in [2.45, 2.75) is 276 Å². The van der Waals surface area contributed by atoms with E-state index in [1.807, 2.05) is 0 Å². The molecule has 0 aromatic rings. The molecule has 0 aliphatic rings. The lowest BCUT2D eigenvalue weighted by molar-refractivity contribution is -0.131. The topological polar surface area (TPSA) is 89.8 Å². The van der Waals surface area contributed by atoms with Crippen LogP contribution in [0.15, 0.2) is 0 Å². The Kier molecular flexibility index (Phi) is 40.6. The lowest BCUT2D eigenvalue weighted by atomic mass is 10.0. The zero-order valence-electron chi connectivity index (χ0n) is 34.1. The molecule has 300 valence electrons. The molecule has 3 atom stereocenters. The fourth-order valence-electron chi connectivity index (χ4n) is 7.37. The van der Waals surface area contributed by atoms with Gasteiger partial charge in [0.2, 0.25) is 5.91 Å². The molecule has 0 aromatic heterocycles. The second-order valence-corrected chi connectivity index (χ2v) is 16.0. The number of hydrogen-bond acceptors (Lipinski definition) is 4. The van der Waals surface area contributed by atoms with Gasteiger partial charge in [0.1, 0.15) is 6.10 Å². The van der Waals surface area contributed by atoms with Crippen LogP contribution >= 0.6 is 0 Å². The molecule has 0 saturated heterocycles. The van der Waals surface area contributed by atoms with Gasteiger partial charge in [-0.25, -0.2) is 0 Å². The van der Waals surface area contributed by atoms with E-state index in [1.54, 1.807) is 0 Å². The van der Waals surface area contributed by atoms with E-state index in [0.717, 1.165) is 32.1 Å². The summed E-state index contributed by atoms with van der Waals surface area (Å²) in [4.78, 5) is 12.5. The van der Waals surface area contributed by atoms with E-state index in [2.05, 4.69) is 19.2 Å². The minimum atomic E-state index is -1.07. The second-order valence-electron chi connectivity index (χ2n) is 16.0. The molecule has 5 nitrogen and oxygen atoms in total. The maximum Gasteiger partial charge on any atom is 0.249 e. The van der Waals surface area contributed by atoms with Crippen LogP contribution < -0.4 is 5.32 Å². The number of rotatable bonds is 42. The first kappa shape index (κ1) is 49.4. The molecule has 0 spiro atoms. The van der Waals surface area contributed by atoms with Gasteiger partial charge in [0.25, 0.3) is 0 Å². The number of amides is 1. The monoisotopic (exact) mass is 710 g/mol. The van der Waals surface area contributed by atoms with E-state index < -0.39 is 24.2 Å². The van der Waals surface area contributed by atoms with Crippen LogP contribution in [0.4, 0.5) is 0 Å². The fourth-order valence-corrected chi connectivity index (χ4v) is 7.37. The molecular weight excluding hydrogens is 618 g/mol. The molecule has 0 heterocycles. The van der Waals surface area contributed by atoms with Crippen molar-refractivity contribution in [2.75, 3.05) is 6.61 Å². The number of aliphatic hydroxyl groups is 3. The molecule has 0 aromatic carbocycles. The van der Waals surface area contributed by atoms with Crippen molar-refractivity contribution < 1.29 is 20.1 Å². The van der Waals surface area contributed by atoms with Gasteiger partial charge in [-0.05, 0) is 12.8 Å². The Bertz CT molecular complexity index is 659. The Morgan fingerprint density at radius 2 is 0.640 bits per heavy atom. The zero-order valence-corrected chi connectivity index (χ0v) is 34.1. The lowest BCUT2D eigenvalue weighted by Gasteiger charge is -2.23. The van der Waals surface area contributed by atoms with Crippen molar-refractivity contribution in [2.24, 2.45) is 0 Å². The summed E-state index contributed by atoms with van der Waals surface area (Å²) in [5.74, 6) is -0.466. The summed E-state index contributed by atoms with van der Waals surface area (Å²) in [6, 6.07) is -0.705. The summed E-state index contributed by atoms with van der Waals surface area (Å²) in [6.45, 7) is 4.25. The van der Waals surface area contributed by atoms with E-state index in [9.17, 15) is 20.1 Å². The van der Waals surface area contributed by atoms with E-state index >= 15 is 0 Å². The molecule has 0 radical (unpaired) electrons. The van der Waals surface area contributed by atoms with Crippen LogP contribution in [0.3, 0.4) is 0 Å². The van der Waals surface area contributed by atoms with E-state index in [1.165, 1.54) is 199 Å². The Morgan fingerprint density at radius 1 is 0.400 bits per heavy atom. The highest BCUT2D eigenvalue weighted by Gasteiger charge is 2.23. The summed E-state index contributed by atoms with van der Waals surface area (Å²) in [5, 5.41) is 33.3. The average Bonchev–Trinajstić information content (AvgIpc) is 3.12. The van der Waals surface area contributed by atoms with Gasteiger partial charge in [-0.1, -0.05) is 245 Å². The van der Waals surface area contributed by atoms with Crippen molar-refractivity contribution in [1.82, 2.24) is 5.32 Å². The number of aliphatic hydroxyl groups excluding tert-OH is 3. The van der Waals surface area contributed by atoms with Crippen LogP contribution in [0.1, 0.15) is 258 Å². The van der Waals surface area contributed by atoms with Gasteiger partial charge in [0.15, 0.2) is 0 Å². The van der Waals surface area contributed by atoms with Gasteiger partial charge >= 0.3 is 0 Å². The molecule has 1 amide bonds. The van der Waals surface area contributed by atoms with Crippen molar-refractivity contribution in [3.05, 3.63) is 0 Å². The van der Waals surface area contributed by atoms with Crippen molar-refractivity contribution in [3.8, 4) is 0 Å². The Labute approximate surface area is 313 Å². The molecular formula is C45H91NO4. The van der Waals surface area contributed by atoms with Gasteiger partial charge in [-0.2, -0.15) is 0 Å². The number of unbranched alkanes of at least 4 members (excludes halogenated alkanes) is 34. The summed E-state index contributed by atoms with van der Waals surface area (Å²) in [7, 11) is 0. The SMILES string of the molecule is CCCCCCCCCCCCCCCCCCCCCCCCC(O)C(CO)NC(=O)C(O)CCCCCCCCCCCCCCCC. The average molecular weight is 710 g/mol. The first-order chi connectivity index (χ1) is 24.6. The molecule has 5 heteroatoms. The number of carbonyl (C=O) groups is 1. The molecule has 4 N–H and O–H groups in total. The van der Waals surface area contributed by atoms with Crippen LogP contribution in [0.2, 0.25) is 0 Å². The minimum absolute atomic E-state index is 0.308. The van der Waals surface area contributed by atoms with Gasteiger partial charge < -0.3 is 20.6 Å². The molecule has 0 aliphatic heterocycles.